The van der Waals surface area contributed by atoms with Gasteiger partial charge in [-0.3, -0.25) is 4.79 Å². The highest BCUT2D eigenvalue weighted by Crippen LogP contribution is 2.22. The summed E-state index contributed by atoms with van der Waals surface area (Å²) in [6.45, 7) is 5.91. The molecule has 0 atom stereocenters. The molecule has 6 heteroatoms. The fraction of sp³-hybridized carbons (Fsp3) is 0.350. The third-order valence-electron chi connectivity index (χ3n) is 4.08. The minimum absolute atomic E-state index is 0.0290. The highest BCUT2D eigenvalue weighted by Gasteiger charge is 2.14. The molecule has 140 valence electrons. The number of carbonyl (C=O) groups excluding carboxylic acids is 1. The number of carbonyl (C=O) groups is 1. The van der Waals surface area contributed by atoms with Gasteiger partial charge in [0.25, 0.3) is 0 Å². The molecule has 0 heterocycles. The Kier molecular flexibility index (Phi) is 6.84. The molecule has 4 nitrogen and oxygen atoms in total. The van der Waals surface area contributed by atoms with Crippen molar-refractivity contribution in [2.75, 3.05) is 11.1 Å². The van der Waals surface area contributed by atoms with E-state index < -0.39 is 9.84 Å². The van der Waals surface area contributed by atoms with E-state index in [1.807, 2.05) is 32.9 Å². The van der Waals surface area contributed by atoms with Crippen LogP contribution in [0.1, 0.15) is 35.1 Å². The molecule has 0 aromatic heterocycles. The zero-order chi connectivity index (χ0) is 19.3. The van der Waals surface area contributed by atoms with E-state index in [9.17, 15) is 13.2 Å². The molecule has 0 aliphatic heterocycles. The van der Waals surface area contributed by atoms with E-state index >= 15 is 0 Å². The molecule has 0 radical (unpaired) electrons. The summed E-state index contributed by atoms with van der Waals surface area (Å²) in [5.41, 5.74) is 4.62. The maximum absolute atomic E-state index is 12.2. The number of hydrogen-bond donors (Lipinski definition) is 1. The van der Waals surface area contributed by atoms with Crippen LogP contribution in [0.5, 0.6) is 0 Å². The van der Waals surface area contributed by atoms with E-state index in [0.717, 1.165) is 22.4 Å². The average Bonchev–Trinajstić information content (AvgIpc) is 2.50. The number of sulfone groups is 1. The fourth-order valence-corrected chi connectivity index (χ4v) is 4.61. The second-order valence-electron chi connectivity index (χ2n) is 6.65. The predicted molar refractivity (Wildman–Crippen MR) is 107 cm³/mol. The molecule has 0 saturated carbocycles. The number of nitrogens with one attached hydrogen (secondary N) is 1. The quantitative estimate of drug-likeness (QED) is 0.747. The minimum Gasteiger partial charge on any atom is -0.326 e. The Bertz CT molecular complexity index is 884. The van der Waals surface area contributed by atoms with E-state index in [0.29, 0.717) is 17.0 Å². The van der Waals surface area contributed by atoms with Crippen LogP contribution in [0.15, 0.2) is 36.4 Å². The lowest BCUT2D eigenvalue weighted by Crippen LogP contribution is -2.16. The number of rotatable bonds is 7. The molecule has 1 N–H and O–H groups in total. The standard InChI is InChI=1S/C20H24ClNO3S/c1-14-10-15(2)20(16(3)11-14)22-19(23)8-5-9-26(24,25)13-17-6-4-7-18(21)12-17/h4,6-7,10-12H,5,8-9,13H2,1-3H3,(H,22,23). The lowest BCUT2D eigenvalue weighted by Gasteiger charge is -2.13. The Morgan fingerprint density at radius 1 is 1.08 bits per heavy atom. The van der Waals surface area contributed by atoms with E-state index in [1.54, 1.807) is 24.3 Å². The van der Waals surface area contributed by atoms with Crippen molar-refractivity contribution in [1.29, 1.82) is 0 Å². The largest absolute Gasteiger partial charge is 0.326 e. The van der Waals surface area contributed by atoms with Gasteiger partial charge in [-0.2, -0.15) is 0 Å². The van der Waals surface area contributed by atoms with Gasteiger partial charge in [-0.05, 0) is 56.0 Å². The normalized spacial score (nSPS) is 11.4. The predicted octanol–water partition coefficient (Wildman–Crippen LogP) is 4.60. The van der Waals surface area contributed by atoms with Crippen molar-refractivity contribution in [1.82, 2.24) is 0 Å². The van der Waals surface area contributed by atoms with Crippen LogP contribution in [-0.4, -0.2) is 20.1 Å². The first kappa shape index (κ1) is 20.5. The monoisotopic (exact) mass is 393 g/mol. The lowest BCUT2D eigenvalue weighted by atomic mass is 10.0. The van der Waals surface area contributed by atoms with Crippen molar-refractivity contribution in [3.05, 3.63) is 63.7 Å². The third kappa shape index (κ3) is 6.15. The SMILES string of the molecule is Cc1cc(C)c(NC(=O)CCCS(=O)(=O)Cc2cccc(Cl)c2)c(C)c1. The summed E-state index contributed by atoms with van der Waals surface area (Å²) in [6.07, 6.45) is 0.459. The van der Waals surface area contributed by atoms with E-state index in [1.165, 1.54) is 0 Å². The summed E-state index contributed by atoms with van der Waals surface area (Å²) >= 11 is 5.88. The summed E-state index contributed by atoms with van der Waals surface area (Å²) < 4.78 is 24.4. The molecule has 0 saturated heterocycles. The van der Waals surface area contributed by atoms with Gasteiger partial charge < -0.3 is 5.32 Å². The summed E-state index contributed by atoms with van der Waals surface area (Å²) in [5.74, 6) is -0.262. The van der Waals surface area contributed by atoms with Crippen LogP contribution < -0.4 is 5.32 Å². The molecule has 1 amide bonds. The molecule has 0 spiro atoms. The zero-order valence-electron chi connectivity index (χ0n) is 15.3. The molecule has 26 heavy (non-hydrogen) atoms. The Labute approximate surface area is 160 Å². The van der Waals surface area contributed by atoms with Gasteiger partial charge in [-0.25, -0.2) is 8.42 Å². The number of hydrogen-bond acceptors (Lipinski definition) is 3. The van der Waals surface area contributed by atoms with Crippen molar-refractivity contribution in [2.45, 2.75) is 39.4 Å². The number of amides is 1. The first-order valence-electron chi connectivity index (χ1n) is 8.49. The van der Waals surface area contributed by atoms with Crippen molar-refractivity contribution in [3.8, 4) is 0 Å². The number of halogens is 1. The summed E-state index contributed by atoms with van der Waals surface area (Å²) in [4.78, 5) is 12.2. The molecule has 0 fully saturated rings. The Morgan fingerprint density at radius 2 is 1.73 bits per heavy atom. The molecule has 0 aliphatic rings. The highest BCUT2D eigenvalue weighted by atomic mass is 35.5. The summed E-state index contributed by atoms with van der Waals surface area (Å²) in [7, 11) is -3.28. The van der Waals surface area contributed by atoms with Crippen molar-refractivity contribution < 1.29 is 13.2 Å². The molecular weight excluding hydrogens is 370 g/mol. The first-order valence-corrected chi connectivity index (χ1v) is 10.7. The van der Waals surface area contributed by atoms with Gasteiger partial charge in [0.1, 0.15) is 0 Å². The maximum Gasteiger partial charge on any atom is 0.224 e. The van der Waals surface area contributed by atoms with Crippen LogP contribution in [-0.2, 0) is 20.4 Å². The van der Waals surface area contributed by atoms with Crippen LogP contribution in [0, 0.1) is 20.8 Å². The highest BCUT2D eigenvalue weighted by molar-refractivity contribution is 7.90. The minimum atomic E-state index is -3.28. The molecule has 2 rings (SSSR count). The molecular formula is C20H24ClNO3S. The maximum atomic E-state index is 12.2. The van der Waals surface area contributed by atoms with Crippen LogP contribution in [0.3, 0.4) is 0 Å². The summed E-state index contributed by atoms with van der Waals surface area (Å²) in [6, 6.07) is 10.8. The van der Waals surface area contributed by atoms with E-state index in [-0.39, 0.29) is 23.8 Å². The Hall–Kier alpha value is -1.85. The van der Waals surface area contributed by atoms with Gasteiger partial charge in [0.2, 0.25) is 5.91 Å². The molecule has 0 bridgehead atoms. The van der Waals surface area contributed by atoms with Crippen LogP contribution >= 0.6 is 11.6 Å². The van der Waals surface area contributed by atoms with Gasteiger partial charge in [0, 0.05) is 17.1 Å². The fourth-order valence-electron chi connectivity index (χ4n) is 2.98. The number of anilines is 1. The zero-order valence-corrected chi connectivity index (χ0v) is 16.9. The molecule has 0 aliphatic carbocycles. The Balaban J connectivity index is 1.88. The molecule has 2 aromatic rings. The average molecular weight is 394 g/mol. The van der Waals surface area contributed by atoms with Gasteiger partial charge in [0.15, 0.2) is 9.84 Å². The van der Waals surface area contributed by atoms with Crippen molar-refractivity contribution in [2.24, 2.45) is 0 Å². The van der Waals surface area contributed by atoms with Crippen LogP contribution in [0.2, 0.25) is 5.02 Å². The van der Waals surface area contributed by atoms with Crippen molar-refractivity contribution >= 4 is 33.0 Å². The van der Waals surface area contributed by atoms with Crippen LogP contribution in [0.25, 0.3) is 0 Å². The topological polar surface area (TPSA) is 63.2 Å². The number of aryl methyl sites for hydroxylation is 3. The second kappa shape index (κ2) is 8.69. The van der Waals surface area contributed by atoms with Crippen molar-refractivity contribution in [3.63, 3.8) is 0 Å². The summed E-state index contributed by atoms with van der Waals surface area (Å²) in [5, 5.41) is 3.41. The van der Waals surface area contributed by atoms with Gasteiger partial charge in [0.05, 0.1) is 11.5 Å². The Morgan fingerprint density at radius 3 is 2.35 bits per heavy atom. The second-order valence-corrected chi connectivity index (χ2v) is 9.27. The third-order valence-corrected chi connectivity index (χ3v) is 6.00. The number of benzene rings is 2. The van der Waals surface area contributed by atoms with Crippen LogP contribution in [0.4, 0.5) is 5.69 Å². The van der Waals surface area contributed by atoms with E-state index in [4.69, 9.17) is 11.6 Å². The van der Waals surface area contributed by atoms with Gasteiger partial charge in [-0.1, -0.05) is 41.4 Å². The first-order chi connectivity index (χ1) is 12.2. The van der Waals surface area contributed by atoms with Gasteiger partial charge >= 0.3 is 0 Å². The molecule has 0 unspecified atom stereocenters. The smallest absolute Gasteiger partial charge is 0.224 e. The lowest BCUT2D eigenvalue weighted by molar-refractivity contribution is -0.116. The molecule has 2 aromatic carbocycles. The van der Waals surface area contributed by atoms with Gasteiger partial charge in [-0.15, -0.1) is 0 Å². The van der Waals surface area contributed by atoms with E-state index in [2.05, 4.69) is 5.32 Å².